The van der Waals surface area contributed by atoms with Crippen molar-refractivity contribution in [3.8, 4) is 11.5 Å². The van der Waals surface area contributed by atoms with Crippen LogP contribution in [0.3, 0.4) is 0 Å². The van der Waals surface area contributed by atoms with Gasteiger partial charge in [0.1, 0.15) is 5.82 Å². The third-order valence-corrected chi connectivity index (χ3v) is 1.56. The van der Waals surface area contributed by atoms with Crippen molar-refractivity contribution in [3.63, 3.8) is 0 Å². The normalized spacial score (nSPS) is 10.2. The van der Waals surface area contributed by atoms with Crippen LogP contribution in [0.1, 0.15) is 5.82 Å². The van der Waals surface area contributed by atoms with Gasteiger partial charge in [-0.25, -0.2) is 4.98 Å². The molecule has 0 aliphatic rings. The van der Waals surface area contributed by atoms with Gasteiger partial charge in [-0.1, -0.05) is 5.16 Å². The van der Waals surface area contributed by atoms with E-state index < -0.39 is 0 Å². The highest BCUT2D eigenvalue weighted by Gasteiger charge is 2.05. The quantitative estimate of drug-likeness (QED) is 0.701. The van der Waals surface area contributed by atoms with E-state index in [0.717, 1.165) is 5.56 Å². The van der Waals surface area contributed by atoms with E-state index in [1.807, 2.05) is 0 Å². The molecule has 0 fully saturated rings. The molecular weight excluding hydrogens is 168 g/mol. The first-order valence-electron chi connectivity index (χ1n) is 3.78. The molecule has 2 heterocycles. The first-order valence-corrected chi connectivity index (χ1v) is 3.78. The van der Waals surface area contributed by atoms with Gasteiger partial charge < -0.3 is 10.3 Å². The summed E-state index contributed by atoms with van der Waals surface area (Å²) in [5.41, 5.74) is 6.21. The lowest BCUT2D eigenvalue weighted by atomic mass is 10.3. The van der Waals surface area contributed by atoms with E-state index in [1.54, 1.807) is 25.3 Å². The highest BCUT2D eigenvalue weighted by Crippen LogP contribution is 2.15. The molecule has 0 atom stereocenters. The van der Waals surface area contributed by atoms with Gasteiger partial charge in [-0.05, 0) is 19.1 Å². The molecular formula is C8H8N4O. The smallest absolute Gasteiger partial charge is 0.259 e. The Morgan fingerprint density at radius 2 is 2.23 bits per heavy atom. The van der Waals surface area contributed by atoms with Crippen LogP contribution in [0.25, 0.3) is 11.5 Å². The van der Waals surface area contributed by atoms with Gasteiger partial charge in [-0.15, -0.1) is 0 Å². The summed E-state index contributed by atoms with van der Waals surface area (Å²) < 4.78 is 4.95. The maximum absolute atomic E-state index is 5.43. The number of hydrogen-bond donors (Lipinski definition) is 1. The highest BCUT2D eigenvalue weighted by atomic mass is 16.5. The summed E-state index contributed by atoms with van der Waals surface area (Å²) in [7, 11) is 0. The summed E-state index contributed by atoms with van der Waals surface area (Å²) in [6.45, 7) is 1.76. The molecule has 0 radical (unpaired) electrons. The van der Waals surface area contributed by atoms with Gasteiger partial charge in [0.15, 0.2) is 5.82 Å². The zero-order chi connectivity index (χ0) is 9.26. The van der Waals surface area contributed by atoms with E-state index >= 15 is 0 Å². The van der Waals surface area contributed by atoms with Crippen molar-refractivity contribution >= 4 is 5.82 Å². The van der Waals surface area contributed by atoms with E-state index in [2.05, 4.69) is 15.1 Å². The second-order valence-corrected chi connectivity index (χ2v) is 2.62. The molecule has 0 saturated carbocycles. The van der Waals surface area contributed by atoms with Crippen LogP contribution in [0.2, 0.25) is 0 Å². The van der Waals surface area contributed by atoms with Crippen molar-refractivity contribution in [2.75, 3.05) is 5.73 Å². The molecule has 5 nitrogen and oxygen atoms in total. The highest BCUT2D eigenvalue weighted by molar-refractivity contribution is 5.52. The van der Waals surface area contributed by atoms with Crippen molar-refractivity contribution in [1.29, 1.82) is 0 Å². The van der Waals surface area contributed by atoms with E-state index in [0.29, 0.717) is 17.5 Å². The number of aromatic nitrogens is 3. The standard InChI is InChI=1S/C8H8N4O/c1-5-11-8(13-12-5)6-2-3-7(9)10-4-6/h2-4H,1H3,(H2,9,10). The minimum atomic E-state index is 0.463. The number of nitrogens with two attached hydrogens (primary N) is 1. The van der Waals surface area contributed by atoms with Crippen LogP contribution in [0.15, 0.2) is 22.9 Å². The lowest BCUT2D eigenvalue weighted by Gasteiger charge is -1.93. The second kappa shape index (κ2) is 2.85. The molecule has 66 valence electrons. The molecule has 2 aromatic rings. The van der Waals surface area contributed by atoms with Crippen molar-refractivity contribution in [2.24, 2.45) is 0 Å². The first kappa shape index (κ1) is 7.72. The van der Waals surface area contributed by atoms with E-state index in [9.17, 15) is 0 Å². The minimum absolute atomic E-state index is 0.463. The maximum Gasteiger partial charge on any atom is 0.259 e. The van der Waals surface area contributed by atoms with Crippen LogP contribution in [0, 0.1) is 6.92 Å². The van der Waals surface area contributed by atoms with Crippen molar-refractivity contribution in [1.82, 2.24) is 15.1 Å². The molecule has 5 heteroatoms. The van der Waals surface area contributed by atoms with Gasteiger partial charge in [0, 0.05) is 6.20 Å². The Hall–Kier alpha value is -1.91. The number of rotatable bonds is 1. The average Bonchev–Trinajstić information content (AvgIpc) is 2.53. The van der Waals surface area contributed by atoms with Gasteiger partial charge in [0.25, 0.3) is 5.89 Å². The predicted molar refractivity (Wildman–Crippen MR) is 46.7 cm³/mol. The van der Waals surface area contributed by atoms with Crippen LogP contribution in [0.4, 0.5) is 5.82 Å². The summed E-state index contributed by atoms with van der Waals surface area (Å²) in [5, 5.41) is 3.67. The molecule has 0 aromatic carbocycles. The summed E-state index contributed by atoms with van der Waals surface area (Å²) in [4.78, 5) is 7.97. The molecule has 0 saturated heterocycles. The molecule has 0 unspecified atom stereocenters. The van der Waals surface area contributed by atoms with Crippen LogP contribution in [-0.2, 0) is 0 Å². The second-order valence-electron chi connectivity index (χ2n) is 2.62. The largest absolute Gasteiger partial charge is 0.384 e. The third kappa shape index (κ3) is 1.48. The number of hydrogen-bond acceptors (Lipinski definition) is 5. The van der Waals surface area contributed by atoms with Crippen molar-refractivity contribution < 1.29 is 4.52 Å². The SMILES string of the molecule is Cc1noc(-c2ccc(N)nc2)n1. The number of nitrogens with zero attached hydrogens (tertiary/aromatic N) is 3. The van der Waals surface area contributed by atoms with Crippen LogP contribution >= 0.6 is 0 Å². The van der Waals surface area contributed by atoms with Gasteiger partial charge in [0.2, 0.25) is 0 Å². The Morgan fingerprint density at radius 3 is 2.77 bits per heavy atom. The van der Waals surface area contributed by atoms with Crippen molar-refractivity contribution in [2.45, 2.75) is 6.92 Å². The number of pyridine rings is 1. The fourth-order valence-electron chi connectivity index (χ4n) is 0.946. The number of aryl methyl sites for hydroxylation is 1. The lowest BCUT2D eigenvalue weighted by Crippen LogP contribution is -1.88. The summed E-state index contributed by atoms with van der Waals surface area (Å²) in [5.74, 6) is 1.54. The third-order valence-electron chi connectivity index (χ3n) is 1.56. The van der Waals surface area contributed by atoms with Gasteiger partial charge in [-0.2, -0.15) is 4.98 Å². The zero-order valence-electron chi connectivity index (χ0n) is 7.06. The fourth-order valence-corrected chi connectivity index (χ4v) is 0.946. The Balaban J connectivity index is 2.41. The molecule has 0 amide bonds. The van der Waals surface area contributed by atoms with E-state index in [-0.39, 0.29) is 0 Å². The Morgan fingerprint density at radius 1 is 1.38 bits per heavy atom. The summed E-state index contributed by atoms with van der Waals surface area (Å²) in [6.07, 6.45) is 1.60. The minimum Gasteiger partial charge on any atom is -0.384 e. The molecule has 2 aromatic heterocycles. The first-order chi connectivity index (χ1) is 6.25. The average molecular weight is 176 g/mol. The maximum atomic E-state index is 5.43. The van der Waals surface area contributed by atoms with E-state index in [4.69, 9.17) is 10.3 Å². The van der Waals surface area contributed by atoms with Gasteiger partial charge >= 0.3 is 0 Å². The number of nitrogen functional groups attached to an aromatic ring is 1. The summed E-state index contributed by atoms with van der Waals surface area (Å²) in [6, 6.07) is 3.48. The Labute approximate surface area is 74.6 Å². The summed E-state index contributed by atoms with van der Waals surface area (Å²) >= 11 is 0. The molecule has 0 aliphatic carbocycles. The van der Waals surface area contributed by atoms with E-state index in [1.165, 1.54) is 0 Å². The van der Waals surface area contributed by atoms with Crippen molar-refractivity contribution in [3.05, 3.63) is 24.2 Å². The Kier molecular flexibility index (Phi) is 1.70. The molecule has 0 bridgehead atoms. The fraction of sp³-hybridized carbons (Fsp3) is 0.125. The molecule has 2 N–H and O–H groups in total. The molecule has 0 aliphatic heterocycles. The number of anilines is 1. The monoisotopic (exact) mass is 176 g/mol. The molecule has 0 spiro atoms. The van der Waals surface area contributed by atoms with Gasteiger partial charge in [0.05, 0.1) is 5.56 Å². The molecule has 2 rings (SSSR count). The zero-order valence-corrected chi connectivity index (χ0v) is 7.06. The lowest BCUT2D eigenvalue weighted by molar-refractivity contribution is 0.425. The Bertz CT molecular complexity index is 406. The van der Waals surface area contributed by atoms with Crippen LogP contribution in [-0.4, -0.2) is 15.1 Å². The van der Waals surface area contributed by atoms with Crippen LogP contribution < -0.4 is 5.73 Å². The topological polar surface area (TPSA) is 77.8 Å². The van der Waals surface area contributed by atoms with Crippen LogP contribution in [0.5, 0.6) is 0 Å². The predicted octanol–water partition coefficient (Wildman–Crippen LogP) is 1.02. The van der Waals surface area contributed by atoms with Gasteiger partial charge in [-0.3, -0.25) is 0 Å². The molecule has 13 heavy (non-hydrogen) atoms.